The van der Waals surface area contributed by atoms with Crippen molar-refractivity contribution in [3.05, 3.63) is 33.9 Å². The molecule has 1 aromatic rings. The summed E-state index contributed by atoms with van der Waals surface area (Å²) < 4.78 is 5.52. The largest absolute Gasteiger partial charge is 0.487 e. The van der Waals surface area contributed by atoms with Crippen LogP contribution in [-0.4, -0.2) is 17.2 Å². The van der Waals surface area contributed by atoms with Crippen LogP contribution in [0.1, 0.15) is 24.8 Å². The molecule has 1 aliphatic rings. The van der Waals surface area contributed by atoms with E-state index in [1.807, 2.05) is 0 Å². The average molecular weight is 273 g/mol. The van der Waals surface area contributed by atoms with Gasteiger partial charge >= 0.3 is 5.69 Å². The van der Waals surface area contributed by atoms with Crippen LogP contribution in [0.2, 0.25) is 0 Å². The van der Waals surface area contributed by atoms with Crippen LogP contribution in [0.5, 0.6) is 5.75 Å². The van der Waals surface area contributed by atoms with Gasteiger partial charge in [0.2, 0.25) is 0 Å². The Balaban J connectivity index is 1.94. The quantitative estimate of drug-likeness (QED) is 0.434. The van der Waals surface area contributed by atoms with E-state index in [1.54, 1.807) is 25.1 Å². The maximum Gasteiger partial charge on any atom is 0.313 e. The van der Waals surface area contributed by atoms with E-state index in [-0.39, 0.29) is 11.4 Å². The fourth-order valence-corrected chi connectivity index (χ4v) is 1.97. The van der Waals surface area contributed by atoms with Gasteiger partial charge in [0.1, 0.15) is 0 Å². The Morgan fingerprint density at radius 1 is 1.45 bits per heavy atom. The first-order valence-electron chi connectivity index (χ1n) is 6.32. The first kappa shape index (κ1) is 14.0. The van der Waals surface area contributed by atoms with Crippen molar-refractivity contribution in [2.24, 2.45) is 10.2 Å². The number of aryl methyl sites for hydroxylation is 1. The number of nitrogens with zero attached hydrogens (tertiary/aromatic N) is 3. The van der Waals surface area contributed by atoms with E-state index in [0.29, 0.717) is 31.4 Å². The van der Waals surface area contributed by atoms with Crippen molar-refractivity contribution < 1.29 is 9.66 Å². The third kappa shape index (κ3) is 3.12. The van der Waals surface area contributed by atoms with Gasteiger partial charge in [0.25, 0.3) is 0 Å². The topological polar surface area (TPSA) is 77.1 Å². The normalized spacial score (nSPS) is 14.6. The van der Waals surface area contributed by atoms with E-state index in [2.05, 4.69) is 16.1 Å². The minimum Gasteiger partial charge on any atom is -0.487 e. The zero-order chi connectivity index (χ0) is 14.6. The van der Waals surface area contributed by atoms with E-state index in [1.165, 1.54) is 0 Å². The van der Waals surface area contributed by atoms with Gasteiger partial charge in [-0.3, -0.25) is 10.1 Å². The number of rotatable bonds is 7. The molecule has 6 nitrogen and oxygen atoms in total. The molecule has 0 aromatic heterocycles. The van der Waals surface area contributed by atoms with Crippen molar-refractivity contribution in [1.82, 2.24) is 0 Å². The lowest BCUT2D eigenvalue weighted by atomic mass is 10.1. The first-order chi connectivity index (χ1) is 9.58. The van der Waals surface area contributed by atoms with Gasteiger partial charge in [-0.2, -0.15) is 10.2 Å². The van der Waals surface area contributed by atoms with Crippen LogP contribution in [0.4, 0.5) is 5.69 Å². The van der Waals surface area contributed by atoms with Gasteiger partial charge in [-0.05, 0) is 13.0 Å². The predicted molar refractivity (Wildman–Crippen MR) is 73.6 cm³/mol. The molecular weight excluding hydrogens is 258 g/mol. The summed E-state index contributed by atoms with van der Waals surface area (Å²) >= 11 is 0. The van der Waals surface area contributed by atoms with Crippen LogP contribution in [0.25, 0.3) is 0 Å². The Labute approximate surface area is 117 Å². The van der Waals surface area contributed by atoms with Gasteiger partial charge in [-0.1, -0.05) is 12.1 Å². The van der Waals surface area contributed by atoms with E-state index >= 15 is 0 Å². The van der Waals surface area contributed by atoms with Gasteiger partial charge < -0.3 is 4.74 Å². The molecule has 0 amide bonds. The zero-order valence-electron chi connectivity index (χ0n) is 11.2. The molecule has 1 heterocycles. The molecule has 0 N–H and O–H groups in total. The molecular formula is C14H15N3O3. The molecule has 0 fully saturated rings. The van der Waals surface area contributed by atoms with Crippen LogP contribution in [-0.2, 0) is 0 Å². The standard InChI is InChI=1S/C14H15N3O3/c1-3-4-8-14(15-16-14)9-10-20-12-7-5-6-11(2)13(12)17(18)19/h1,5-7H,4,8-10H2,2H3. The van der Waals surface area contributed by atoms with Gasteiger partial charge in [0, 0.05) is 24.8 Å². The molecule has 20 heavy (non-hydrogen) atoms. The number of hydrogen-bond donors (Lipinski definition) is 0. The van der Waals surface area contributed by atoms with Crippen molar-refractivity contribution in [3.8, 4) is 18.1 Å². The summed E-state index contributed by atoms with van der Waals surface area (Å²) in [6.07, 6.45) is 7.10. The predicted octanol–water partition coefficient (Wildman–Crippen LogP) is 3.25. The van der Waals surface area contributed by atoms with Crippen LogP contribution in [0.15, 0.2) is 28.4 Å². The minimum absolute atomic E-state index is 0.00912. The molecule has 0 spiro atoms. The summed E-state index contributed by atoms with van der Waals surface area (Å²) in [5.41, 5.74) is 0.163. The number of terminal acetylenes is 1. The number of hydrogen-bond acceptors (Lipinski definition) is 5. The van der Waals surface area contributed by atoms with Crippen LogP contribution < -0.4 is 4.74 Å². The molecule has 0 saturated carbocycles. The van der Waals surface area contributed by atoms with E-state index < -0.39 is 10.6 Å². The van der Waals surface area contributed by atoms with E-state index in [4.69, 9.17) is 11.2 Å². The molecule has 2 rings (SSSR count). The van der Waals surface area contributed by atoms with Gasteiger partial charge in [-0.15, -0.1) is 12.3 Å². The highest BCUT2D eigenvalue weighted by molar-refractivity contribution is 5.52. The Kier molecular flexibility index (Phi) is 3.99. The minimum atomic E-state index is -0.426. The second kappa shape index (κ2) is 5.70. The van der Waals surface area contributed by atoms with Crippen molar-refractivity contribution in [3.63, 3.8) is 0 Å². The molecule has 0 bridgehead atoms. The summed E-state index contributed by atoms with van der Waals surface area (Å²) in [4.78, 5) is 10.6. The van der Waals surface area contributed by atoms with Crippen LogP contribution >= 0.6 is 0 Å². The molecule has 0 aliphatic carbocycles. The summed E-state index contributed by atoms with van der Waals surface area (Å²) in [7, 11) is 0. The number of para-hydroxylation sites is 1. The number of nitro benzene ring substituents is 1. The summed E-state index contributed by atoms with van der Waals surface area (Å²) in [6.45, 7) is 2.01. The molecule has 0 saturated heterocycles. The highest BCUT2D eigenvalue weighted by Gasteiger charge is 2.39. The second-order valence-corrected chi connectivity index (χ2v) is 4.66. The van der Waals surface area contributed by atoms with Crippen molar-refractivity contribution in [2.45, 2.75) is 31.8 Å². The Hall–Kier alpha value is -2.42. The van der Waals surface area contributed by atoms with E-state index in [9.17, 15) is 10.1 Å². The maximum atomic E-state index is 11.0. The Morgan fingerprint density at radius 3 is 2.80 bits per heavy atom. The first-order valence-corrected chi connectivity index (χ1v) is 6.32. The van der Waals surface area contributed by atoms with Gasteiger partial charge in [0.15, 0.2) is 11.4 Å². The fraction of sp³-hybridized carbons (Fsp3) is 0.429. The fourth-order valence-electron chi connectivity index (χ4n) is 1.97. The number of benzene rings is 1. The third-order valence-corrected chi connectivity index (χ3v) is 3.20. The molecule has 1 aliphatic heterocycles. The summed E-state index contributed by atoms with van der Waals surface area (Å²) in [5, 5.41) is 19.0. The molecule has 1 aromatic carbocycles. The lowest BCUT2D eigenvalue weighted by Crippen LogP contribution is -2.15. The summed E-state index contributed by atoms with van der Waals surface area (Å²) in [5.74, 6) is 2.83. The Morgan fingerprint density at radius 2 is 2.20 bits per heavy atom. The molecule has 0 radical (unpaired) electrons. The van der Waals surface area contributed by atoms with Gasteiger partial charge in [0.05, 0.1) is 11.5 Å². The van der Waals surface area contributed by atoms with Crippen LogP contribution in [0, 0.1) is 29.4 Å². The highest BCUT2D eigenvalue weighted by atomic mass is 16.6. The Bertz CT molecular complexity index is 584. The zero-order valence-corrected chi connectivity index (χ0v) is 11.2. The maximum absolute atomic E-state index is 11.0. The van der Waals surface area contributed by atoms with Crippen LogP contribution in [0.3, 0.4) is 0 Å². The SMILES string of the molecule is C#CCCC1(CCOc2cccc(C)c2[N+](=O)[O-])N=N1. The van der Waals surface area contributed by atoms with Crippen molar-refractivity contribution in [2.75, 3.05) is 6.61 Å². The molecule has 6 heteroatoms. The third-order valence-electron chi connectivity index (χ3n) is 3.20. The number of nitro groups is 1. The lowest BCUT2D eigenvalue weighted by molar-refractivity contribution is -0.386. The monoisotopic (exact) mass is 273 g/mol. The smallest absolute Gasteiger partial charge is 0.313 e. The second-order valence-electron chi connectivity index (χ2n) is 4.66. The molecule has 0 unspecified atom stereocenters. The van der Waals surface area contributed by atoms with Gasteiger partial charge in [-0.25, -0.2) is 0 Å². The number of ether oxygens (including phenoxy) is 1. The van der Waals surface area contributed by atoms with Crippen molar-refractivity contribution in [1.29, 1.82) is 0 Å². The van der Waals surface area contributed by atoms with E-state index in [0.717, 1.165) is 0 Å². The summed E-state index contributed by atoms with van der Waals surface area (Å²) in [6, 6.07) is 5.02. The highest BCUT2D eigenvalue weighted by Crippen LogP contribution is 2.37. The molecule has 104 valence electrons. The lowest BCUT2D eigenvalue weighted by Gasteiger charge is -2.11. The average Bonchev–Trinajstić information content (AvgIpc) is 3.16. The molecule has 0 atom stereocenters. The van der Waals surface area contributed by atoms with Crippen molar-refractivity contribution >= 4 is 5.69 Å².